The highest BCUT2D eigenvalue weighted by atomic mass is 14.9. The van der Waals surface area contributed by atoms with Gasteiger partial charge in [0.15, 0.2) is 0 Å². The molecule has 1 heterocycles. The van der Waals surface area contributed by atoms with Crippen molar-refractivity contribution in [2.45, 2.75) is 84.1 Å². The van der Waals surface area contributed by atoms with E-state index in [0.29, 0.717) is 0 Å². The molecular formula is C17H33N. The summed E-state index contributed by atoms with van der Waals surface area (Å²) in [6.07, 6.45) is 14.7. The van der Waals surface area contributed by atoms with Gasteiger partial charge in [-0.15, -0.1) is 0 Å². The van der Waals surface area contributed by atoms with E-state index >= 15 is 0 Å². The Balaban J connectivity index is 1.66. The van der Waals surface area contributed by atoms with E-state index in [1.54, 1.807) is 0 Å². The first kappa shape index (κ1) is 14.4. The van der Waals surface area contributed by atoms with E-state index in [1.165, 1.54) is 70.8 Å². The van der Waals surface area contributed by atoms with Gasteiger partial charge in [-0.2, -0.15) is 0 Å². The lowest BCUT2D eigenvalue weighted by atomic mass is 9.77. The van der Waals surface area contributed by atoms with Gasteiger partial charge in [-0.25, -0.2) is 0 Å². The van der Waals surface area contributed by atoms with Crippen LogP contribution in [0.1, 0.15) is 78.1 Å². The van der Waals surface area contributed by atoms with E-state index in [-0.39, 0.29) is 0 Å². The van der Waals surface area contributed by atoms with E-state index in [9.17, 15) is 0 Å². The Morgan fingerprint density at radius 2 is 1.50 bits per heavy atom. The zero-order valence-corrected chi connectivity index (χ0v) is 12.6. The maximum atomic E-state index is 3.72. The van der Waals surface area contributed by atoms with Crippen molar-refractivity contribution in [3.63, 3.8) is 0 Å². The van der Waals surface area contributed by atoms with E-state index in [4.69, 9.17) is 0 Å². The van der Waals surface area contributed by atoms with Gasteiger partial charge in [0.2, 0.25) is 0 Å². The van der Waals surface area contributed by atoms with E-state index in [0.717, 1.165) is 23.8 Å². The summed E-state index contributed by atoms with van der Waals surface area (Å²) in [6.45, 7) is 6.24. The van der Waals surface area contributed by atoms with Gasteiger partial charge >= 0.3 is 0 Å². The van der Waals surface area contributed by atoms with Crippen LogP contribution in [0.4, 0.5) is 0 Å². The van der Waals surface area contributed by atoms with Crippen molar-refractivity contribution in [2.24, 2.45) is 17.8 Å². The predicted molar refractivity (Wildman–Crippen MR) is 79.8 cm³/mol. The summed E-state index contributed by atoms with van der Waals surface area (Å²) in [5.74, 6) is 2.90. The molecule has 1 saturated carbocycles. The number of hydrogen-bond acceptors (Lipinski definition) is 1. The molecule has 1 aliphatic heterocycles. The fraction of sp³-hybridized carbons (Fsp3) is 1.00. The number of rotatable bonds is 5. The molecular weight excluding hydrogens is 218 g/mol. The highest BCUT2D eigenvalue weighted by Crippen LogP contribution is 2.33. The fourth-order valence-electron chi connectivity index (χ4n) is 4.03. The van der Waals surface area contributed by atoms with Crippen LogP contribution in [0.25, 0.3) is 0 Å². The van der Waals surface area contributed by atoms with Gasteiger partial charge < -0.3 is 5.32 Å². The van der Waals surface area contributed by atoms with E-state index in [1.807, 2.05) is 0 Å². The molecule has 1 nitrogen and oxygen atoms in total. The van der Waals surface area contributed by atoms with Crippen molar-refractivity contribution >= 4 is 0 Å². The van der Waals surface area contributed by atoms with Crippen LogP contribution in [0, 0.1) is 17.8 Å². The van der Waals surface area contributed by atoms with Crippen LogP contribution in [0.3, 0.4) is 0 Å². The van der Waals surface area contributed by atoms with Crippen molar-refractivity contribution in [1.82, 2.24) is 5.32 Å². The maximum absolute atomic E-state index is 3.72. The van der Waals surface area contributed by atoms with Gasteiger partial charge in [0, 0.05) is 6.04 Å². The minimum absolute atomic E-state index is 0.817. The summed E-state index contributed by atoms with van der Waals surface area (Å²) in [5, 5.41) is 3.72. The van der Waals surface area contributed by atoms with Gasteiger partial charge in [0.05, 0.1) is 0 Å². The first-order valence-electron chi connectivity index (χ1n) is 8.50. The molecule has 1 aliphatic carbocycles. The Kier molecular flexibility index (Phi) is 6.01. The Morgan fingerprint density at radius 1 is 0.833 bits per heavy atom. The summed E-state index contributed by atoms with van der Waals surface area (Å²) in [5.41, 5.74) is 0. The summed E-state index contributed by atoms with van der Waals surface area (Å²) in [7, 11) is 0. The van der Waals surface area contributed by atoms with Crippen molar-refractivity contribution < 1.29 is 0 Å². The van der Waals surface area contributed by atoms with Gasteiger partial charge in [-0.3, -0.25) is 0 Å². The zero-order valence-electron chi connectivity index (χ0n) is 12.6. The highest BCUT2D eigenvalue weighted by molar-refractivity contribution is 4.79. The molecule has 2 rings (SSSR count). The summed E-state index contributed by atoms with van der Waals surface area (Å²) in [4.78, 5) is 0. The molecule has 18 heavy (non-hydrogen) atoms. The van der Waals surface area contributed by atoms with Crippen LogP contribution < -0.4 is 5.32 Å². The zero-order chi connectivity index (χ0) is 12.8. The monoisotopic (exact) mass is 251 g/mol. The van der Waals surface area contributed by atoms with Crippen LogP contribution in [0.5, 0.6) is 0 Å². The third-order valence-corrected chi connectivity index (χ3v) is 5.57. The molecule has 2 fully saturated rings. The molecule has 1 N–H and O–H groups in total. The van der Waals surface area contributed by atoms with Crippen LogP contribution in [-0.2, 0) is 0 Å². The minimum atomic E-state index is 0.817. The van der Waals surface area contributed by atoms with Crippen LogP contribution >= 0.6 is 0 Å². The Labute approximate surface area is 114 Å². The van der Waals surface area contributed by atoms with Crippen LogP contribution in [-0.4, -0.2) is 12.6 Å². The predicted octanol–water partition coefficient (Wildman–Crippen LogP) is 4.76. The van der Waals surface area contributed by atoms with Gasteiger partial charge in [0.1, 0.15) is 0 Å². The average Bonchev–Trinajstić information content (AvgIpc) is 2.46. The third kappa shape index (κ3) is 4.26. The Hall–Kier alpha value is -0.0400. The van der Waals surface area contributed by atoms with Crippen LogP contribution in [0.15, 0.2) is 0 Å². The highest BCUT2D eigenvalue weighted by Gasteiger charge is 2.23. The quantitative estimate of drug-likeness (QED) is 0.743. The topological polar surface area (TPSA) is 12.0 Å². The van der Waals surface area contributed by atoms with E-state index in [2.05, 4.69) is 19.2 Å². The standard InChI is InChI=1S/C17H33N/c1-14(16-8-4-3-5-9-16)11-12-15(2)17-10-6-7-13-18-17/h14-18H,3-13H2,1-2H3. The van der Waals surface area contributed by atoms with Crippen molar-refractivity contribution in [3.05, 3.63) is 0 Å². The number of hydrogen-bond donors (Lipinski definition) is 1. The third-order valence-electron chi connectivity index (χ3n) is 5.57. The largest absolute Gasteiger partial charge is 0.314 e. The molecule has 0 aromatic rings. The molecule has 1 heteroatoms. The SMILES string of the molecule is CC(CCC(C)C1CCCCN1)C1CCCCC1. The van der Waals surface area contributed by atoms with Crippen molar-refractivity contribution in [2.75, 3.05) is 6.54 Å². The smallest absolute Gasteiger partial charge is 0.00926 e. The Bertz CT molecular complexity index is 190. The van der Waals surface area contributed by atoms with Crippen molar-refractivity contribution in [3.8, 4) is 0 Å². The molecule has 1 saturated heterocycles. The molecule has 0 radical (unpaired) electrons. The molecule has 0 aromatic carbocycles. The lowest BCUT2D eigenvalue weighted by Crippen LogP contribution is -2.39. The van der Waals surface area contributed by atoms with Crippen LogP contribution in [0.2, 0.25) is 0 Å². The molecule has 106 valence electrons. The molecule has 0 aromatic heterocycles. The normalized spacial score (nSPS) is 30.0. The molecule has 0 spiro atoms. The lowest BCUT2D eigenvalue weighted by Gasteiger charge is -2.32. The summed E-state index contributed by atoms with van der Waals surface area (Å²) in [6, 6.07) is 0.817. The molecule has 0 bridgehead atoms. The first-order valence-corrected chi connectivity index (χ1v) is 8.50. The molecule has 3 unspecified atom stereocenters. The second-order valence-electron chi connectivity index (χ2n) is 6.99. The minimum Gasteiger partial charge on any atom is -0.314 e. The molecule has 2 aliphatic rings. The maximum Gasteiger partial charge on any atom is 0.00926 e. The van der Waals surface area contributed by atoms with Gasteiger partial charge in [-0.1, -0.05) is 58.8 Å². The number of nitrogens with one attached hydrogen (secondary N) is 1. The van der Waals surface area contributed by atoms with E-state index < -0.39 is 0 Å². The molecule has 0 amide bonds. The fourth-order valence-corrected chi connectivity index (χ4v) is 4.03. The molecule has 3 atom stereocenters. The van der Waals surface area contributed by atoms with Gasteiger partial charge in [-0.05, 0) is 43.6 Å². The van der Waals surface area contributed by atoms with Crippen molar-refractivity contribution in [1.29, 1.82) is 0 Å². The lowest BCUT2D eigenvalue weighted by molar-refractivity contribution is 0.223. The first-order chi connectivity index (χ1) is 8.77. The Morgan fingerprint density at radius 3 is 2.17 bits per heavy atom. The second kappa shape index (κ2) is 7.53. The summed E-state index contributed by atoms with van der Waals surface area (Å²) < 4.78 is 0. The summed E-state index contributed by atoms with van der Waals surface area (Å²) >= 11 is 0. The number of piperidine rings is 1. The average molecular weight is 251 g/mol. The van der Waals surface area contributed by atoms with Gasteiger partial charge in [0.25, 0.3) is 0 Å². The second-order valence-corrected chi connectivity index (χ2v) is 6.99.